The minimum atomic E-state index is -0.824. The first kappa shape index (κ1) is 12.4. The Labute approximate surface area is 79.7 Å². The number of hydrogen-bond acceptors (Lipinski definition) is 3. The maximum atomic E-state index is 10.4. The van der Waals surface area contributed by atoms with Gasteiger partial charge in [-0.15, -0.1) is 0 Å². The van der Waals surface area contributed by atoms with Crippen LogP contribution in [0.3, 0.4) is 0 Å². The van der Waals surface area contributed by atoms with E-state index in [-0.39, 0.29) is 6.42 Å². The first-order valence-corrected chi connectivity index (χ1v) is 4.49. The Morgan fingerprint density at radius 2 is 2.08 bits per heavy atom. The van der Waals surface area contributed by atoms with E-state index in [9.17, 15) is 4.79 Å². The van der Waals surface area contributed by atoms with Gasteiger partial charge in [-0.05, 0) is 40.4 Å². The van der Waals surface area contributed by atoms with Gasteiger partial charge in [0, 0.05) is 5.54 Å². The molecule has 0 aliphatic carbocycles. The third-order valence-corrected chi connectivity index (χ3v) is 1.91. The van der Waals surface area contributed by atoms with Crippen LogP contribution in [0.1, 0.15) is 26.2 Å². The van der Waals surface area contributed by atoms with Gasteiger partial charge < -0.3 is 15.7 Å². The lowest BCUT2D eigenvalue weighted by Gasteiger charge is -2.23. The van der Waals surface area contributed by atoms with Crippen LogP contribution in [0, 0.1) is 0 Å². The predicted octanol–water partition coefficient (Wildman–Crippen LogP) is 0.520. The van der Waals surface area contributed by atoms with Gasteiger partial charge >= 0.3 is 5.97 Å². The van der Waals surface area contributed by atoms with Crippen LogP contribution in [-0.4, -0.2) is 42.2 Å². The zero-order valence-electron chi connectivity index (χ0n) is 8.71. The molecule has 4 nitrogen and oxygen atoms in total. The standard InChI is InChI=1S/C9H20N2O2/c1-9(10,7-8(12)13)5-4-6-11(2)3/h4-7,10H2,1-3H3,(H,12,13). The van der Waals surface area contributed by atoms with Gasteiger partial charge in [0.05, 0.1) is 6.42 Å². The predicted molar refractivity (Wildman–Crippen MR) is 52.6 cm³/mol. The van der Waals surface area contributed by atoms with Crippen molar-refractivity contribution in [2.24, 2.45) is 5.73 Å². The van der Waals surface area contributed by atoms with Crippen LogP contribution in [0.2, 0.25) is 0 Å². The van der Waals surface area contributed by atoms with E-state index in [2.05, 4.69) is 4.90 Å². The monoisotopic (exact) mass is 188 g/mol. The lowest BCUT2D eigenvalue weighted by atomic mass is 9.93. The number of nitrogens with two attached hydrogens (primary N) is 1. The highest BCUT2D eigenvalue weighted by Gasteiger charge is 2.21. The number of aliphatic carboxylic acids is 1. The van der Waals surface area contributed by atoms with Crippen LogP contribution in [-0.2, 0) is 4.79 Å². The minimum absolute atomic E-state index is 0.0421. The van der Waals surface area contributed by atoms with Gasteiger partial charge in [-0.25, -0.2) is 0 Å². The molecule has 0 radical (unpaired) electrons. The zero-order valence-corrected chi connectivity index (χ0v) is 8.71. The normalized spacial score (nSPS) is 15.8. The highest BCUT2D eigenvalue weighted by atomic mass is 16.4. The Hall–Kier alpha value is -0.610. The largest absolute Gasteiger partial charge is 0.481 e. The maximum Gasteiger partial charge on any atom is 0.305 e. The summed E-state index contributed by atoms with van der Waals surface area (Å²) in [5.74, 6) is -0.824. The third kappa shape index (κ3) is 7.74. The van der Waals surface area contributed by atoms with Crippen LogP contribution in [0.5, 0.6) is 0 Å². The summed E-state index contributed by atoms with van der Waals surface area (Å²) in [4.78, 5) is 12.5. The molecule has 0 aliphatic rings. The summed E-state index contributed by atoms with van der Waals surface area (Å²) in [6.45, 7) is 2.74. The van der Waals surface area contributed by atoms with E-state index >= 15 is 0 Å². The molecule has 78 valence electrons. The van der Waals surface area contributed by atoms with Crippen molar-refractivity contribution >= 4 is 5.97 Å². The third-order valence-electron chi connectivity index (χ3n) is 1.91. The van der Waals surface area contributed by atoms with Crippen molar-refractivity contribution in [2.45, 2.75) is 31.7 Å². The molecular formula is C9H20N2O2. The molecule has 0 rings (SSSR count). The average Bonchev–Trinajstić information content (AvgIpc) is 1.81. The number of nitrogens with zero attached hydrogens (tertiary/aromatic N) is 1. The molecule has 0 fully saturated rings. The van der Waals surface area contributed by atoms with E-state index in [4.69, 9.17) is 10.8 Å². The molecular weight excluding hydrogens is 168 g/mol. The number of hydrogen-bond donors (Lipinski definition) is 2. The van der Waals surface area contributed by atoms with Crippen molar-refractivity contribution in [3.05, 3.63) is 0 Å². The van der Waals surface area contributed by atoms with Crippen LogP contribution >= 0.6 is 0 Å². The number of carboxylic acid groups (broad SMARTS) is 1. The van der Waals surface area contributed by atoms with E-state index in [1.165, 1.54) is 0 Å². The molecule has 0 saturated heterocycles. The van der Waals surface area contributed by atoms with Crippen LogP contribution in [0.4, 0.5) is 0 Å². The number of rotatable bonds is 6. The quantitative estimate of drug-likeness (QED) is 0.637. The molecule has 0 saturated carbocycles. The van der Waals surface area contributed by atoms with Gasteiger partial charge in [0.1, 0.15) is 0 Å². The zero-order chi connectivity index (χ0) is 10.5. The van der Waals surface area contributed by atoms with Crippen molar-refractivity contribution in [2.75, 3.05) is 20.6 Å². The topological polar surface area (TPSA) is 66.6 Å². The molecule has 0 aliphatic heterocycles. The fourth-order valence-corrected chi connectivity index (χ4v) is 1.23. The summed E-state index contributed by atoms with van der Waals surface area (Å²) >= 11 is 0. The molecule has 0 amide bonds. The Bertz CT molecular complexity index is 167. The van der Waals surface area contributed by atoms with Crippen molar-refractivity contribution in [3.63, 3.8) is 0 Å². The van der Waals surface area contributed by atoms with Crippen LogP contribution in [0.15, 0.2) is 0 Å². The fourth-order valence-electron chi connectivity index (χ4n) is 1.23. The first-order valence-electron chi connectivity index (χ1n) is 4.49. The molecule has 4 heteroatoms. The van der Waals surface area contributed by atoms with E-state index in [0.29, 0.717) is 0 Å². The van der Waals surface area contributed by atoms with Gasteiger partial charge in [-0.3, -0.25) is 4.79 Å². The highest BCUT2D eigenvalue weighted by Crippen LogP contribution is 2.13. The summed E-state index contributed by atoms with van der Waals surface area (Å²) in [5, 5.41) is 8.57. The second-order valence-corrected chi connectivity index (χ2v) is 4.13. The summed E-state index contributed by atoms with van der Waals surface area (Å²) in [6, 6.07) is 0. The second-order valence-electron chi connectivity index (χ2n) is 4.13. The molecule has 13 heavy (non-hydrogen) atoms. The lowest BCUT2D eigenvalue weighted by molar-refractivity contribution is -0.138. The highest BCUT2D eigenvalue weighted by molar-refractivity contribution is 5.68. The first-order chi connectivity index (χ1) is 5.83. The van der Waals surface area contributed by atoms with Gasteiger partial charge in [0.2, 0.25) is 0 Å². The fraction of sp³-hybridized carbons (Fsp3) is 0.889. The number of carboxylic acids is 1. The SMILES string of the molecule is CN(C)CCCC(C)(N)CC(=O)O. The van der Waals surface area contributed by atoms with E-state index < -0.39 is 11.5 Å². The summed E-state index contributed by atoms with van der Waals surface area (Å²) < 4.78 is 0. The van der Waals surface area contributed by atoms with Crippen molar-refractivity contribution < 1.29 is 9.90 Å². The van der Waals surface area contributed by atoms with E-state index in [1.807, 2.05) is 14.1 Å². The number of carbonyl (C=O) groups is 1. The minimum Gasteiger partial charge on any atom is -0.481 e. The lowest BCUT2D eigenvalue weighted by Crippen LogP contribution is -2.39. The molecule has 0 bridgehead atoms. The maximum absolute atomic E-state index is 10.4. The Balaban J connectivity index is 3.69. The Kier molecular flexibility index (Phi) is 4.95. The van der Waals surface area contributed by atoms with Crippen LogP contribution < -0.4 is 5.73 Å². The molecule has 0 spiro atoms. The van der Waals surface area contributed by atoms with E-state index in [1.54, 1.807) is 6.92 Å². The molecule has 1 unspecified atom stereocenters. The Morgan fingerprint density at radius 3 is 2.46 bits per heavy atom. The van der Waals surface area contributed by atoms with Crippen LogP contribution in [0.25, 0.3) is 0 Å². The summed E-state index contributed by atoms with van der Waals surface area (Å²) in [6.07, 6.45) is 1.73. The molecule has 0 aromatic rings. The van der Waals surface area contributed by atoms with Gasteiger partial charge in [-0.1, -0.05) is 0 Å². The molecule has 0 aromatic heterocycles. The van der Waals surface area contributed by atoms with Gasteiger partial charge in [0.25, 0.3) is 0 Å². The summed E-state index contributed by atoms with van der Waals surface area (Å²) in [7, 11) is 3.98. The average molecular weight is 188 g/mol. The molecule has 1 atom stereocenters. The van der Waals surface area contributed by atoms with Gasteiger partial charge in [-0.2, -0.15) is 0 Å². The summed E-state index contributed by atoms with van der Waals surface area (Å²) in [5.41, 5.74) is 5.24. The molecule has 0 aromatic carbocycles. The van der Waals surface area contributed by atoms with E-state index in [0.717, 1.165) is 19.4 Å². The smallest absolute Gasteiger partial charge is 0.305 e. The van der Waals surface area contributed by atoms with Crippen molar-refractivity contribution in [1.29, 1.82) is 0 Å². The molecule has 0 heterocycles. The molecule has 3 N–H and O–H groups in total. The van der Waals surface area contributed by atoms with Gasteiger partial charge in [0.15, 0.2) is 0 Å². The van der Waals surface area contributed by atoms with Crippen molar-refractivity contribution in [3.8, 4) is 0 Å². The Morgan fingerprint density at radius 1 is 1.54 bits per heavy atom. The van der Waals surface area contributed by atoms with Crippen molar-refractivity contribution in [1.82, 2.24) is 4.90 Å². The second kappa shape index (κ2) is 5.19.